The van der Waals surface area contributed by atoms with Crippen LogP contribution in [0, 0.1) is 0 Å². The first kappa shape index (κ1) is 27.9. The number of benzene rings is 3. The van der Waals surface area contributed by atoms with Crippen molar-refractivity contribution in [1.29, 1.82) is 0 Å². The zero-order valence-electron chi connectivity index (χ0n) is 21.4. The second-order valence-electron chi connectivity index (χ2n) is 9.14. The molecule has 3 atom stereocenters. The lowest BCUT2D eigenvalue weighted by molar-refractivity contribution is -0.115. The number of thioether (sulfide) groups is 2. The molecule has 3 aromatic rings. The van der Waals surface area contributed by atoms with Crippen molar-refractivity contribution in [3.8, 4) is 0 Å². The van der Waals surface area contributed by atoms with Gasteiger partial charge in [-0.25, -0.2) is 9.59 Å². The first-order valence-electron chi connectivity index (χ1n) is 12.7. The van der Waals surface area contributed by atoms with Crippen LogP contribution in [0.4, 0.5) is 21.9 Å². The van der Waals surface area contributed by atoms with Gasteiger partial charge in [-0.1, -0.05) is 61.0 Å². The molecule has 5 rings (SSSR count). The fraction of sp³-hybridized carbons (Fsp3) is 0.167. The summed E-state index contributed by atoms with van der Waals surface area (Å²) in [6.45, 7) is 1.90. The standard InChI is InChI=1S/C30H26ClN3O4S2/c1-2-25(28(35)33-22-16-18(29(36)37)14-15-21(22)31)39-20-9-7-8-19(17-20)32-30(38)34-23-10-3-5-12-26(23)40-27-13-6-4-11-24(27)34/h3-17,23,25-26H,2H2,1H3,(H,32,38)(H,33,35)(H,36,37). The molecule has 3 amide bonds. The predicted octanol–water partition coefficient (Wildman–Crippen LogP) is 7.56. The monoisotopic (exact) mass is 591 g/mol. The van der Waals surface area contributed by atoms with Crippen LogP contribution >= 0.6 is 35.1 Å². The number of urea groups is 1. The summed E-state index contributed by atoms with van der Waals surface area (Å²) in [6, 6.07) is 19.1. The van der Waals surface area contributed by atoms with Gasteiger partial charge in [0.15, 0.2) is 0 Å². The fourth-order valence-corrected chi connectivity index (χ4v) is 6.95. The highest BCUT2D eigenvalue weighted by Crippen LogP contribution is 2.43. The molecule has 3 N–H and O–H groups in total. The smallest absolute Gasteiger partial charge is 0.335 e. The number of carbonyl (C=O) groups is 3. The molecular weight excluding hydrogens is 566 g/mol. The molecule has 204 valence electrons. The van der Waals surface area contributed by atoms with E-state index in [-0.39, 0.29) is 39.5 Å². The van der Waals surface area contributed by atoms with Crippen LogP contribution < -0.4 is 15.5 Å². The van der Waals surface area contributed by atoms with E-state index in [1.165, 1.54) is 30.0 Å². The van der Waals surface area contributed by atoms with Crippen LogP contribution in [-0.2, 0) is 4.79 Å². The van der Waals surface area contributed by atoms with Crippen LogP contribution in [0.1, 0.15) is 23.7 Å². The highest BCUT2D eigenvalue weighted by atomic mass is 35.5. The lowest BCUT2D eigenvalue weighted by atomic mass is 10.1. The summed E-state index contributed by atoms with van der Waals surface area (Å²) in [6.07, 6.45) is 8.66. The molecule has 1 aliphatic carbocycles. The second kappa shape index (κ2) is 12.2. The number of aromatic carboxylic acids is 1. The van der Waals surface area contributed by atoms with Gasteiger partial charge in [-0.15, -0.1) is 23.5 Å². The number of allylic oxidation sites excluding steroid dienone is 2. The Morgan fingerprint density at radius 3 is 2.62 bits per heavy atom. The number of hydrogen-bond donors (Lipinski definition) is 3. The van der Waals surface area contributed by atoms with E-state index in [1.807, 2.05) is 73.7 Å². The van der Waals surface area contributed by atoms with Gasteiger partial charge in [0.05, 0.1) is 38.5 Å². The second-order valence-corrected chi connectivity index (χ2v) is 12.0. The SMILES string of the molecule is CCC(Sc1cccc(NC(=O)N2c3ccccc3SC3C=CC=CC32)c1)C(=O)Nc1cc(C(=O)O)ccc1Cl. The molecule has 0 aromatic heterocycles. The number of carboxylic acid groups (broad SMARTS) is 1. The normalized spacial score (nSPS) is 17.9. The van der Waals surface area contributed by atoms with Crippen molar-refractivity contribution in [3.05, 3.63) is 102 Å². The van der Waals surface area contributed by atoms with E-state index in [2.05, 4.69) is 16.7 Å². The number of rotatable bonds is 7. The molecule has 0 spiro atoms. The molecule has 3 unspecified atom stereocenters. The van der Waals surface area contributed by atoms with Gasteiger partial charge in [0, 0.05) is 15.5 Å². The minimum atomic E-state index is -1.11. The molecule has 0 fully saturated rings. The van der Waals surface area contributed by atoms with Gasteiger partial charge in [0.2, 0.25) is 5.91 Å². The van der Waals surface area contributed by atoms with Crippen LogP contribution in [0.3, 0.4) is 0 Å². The number of halogens is 1. The van der Waals surface area contributed by atoms with Crippen molar-refractivity contribution in [3.63, 3.8) is 0 Å². The Morgan fingerprint density at radius 2 is 1.82 bits per heavy atom. The molecule has 0 saturated heterocycles. The molecule has 40 heavy (non-hydrogen) atoms. The molecule has 10 heteroatoms. The Balaban J connectivity index is 1.30. The summed E-state index contributed by atoms with van der Waals surface area (Å²) < 4.78 is 0. The van der Waals surface area contributed by atoms with Gasteiger partial charge in [0.1, 0.15) is 0 Å². The van der Waals surface area contributed by atoms with Crippen molar-refractivity contribution in [2.24, 2.45) is 0 Å². The van der Waals surface area contributed by atoms with Crippen molar-refractivity contribution >= 4 is 70.1 Å². The molecule has 0 saturated carbocycles. The maximum atomic E-state index is 13.6. The molecular formula is C30H26ClN3O4S2. The van der Waals surface area contributed by atoms with Gasteiger partial charge in [-0.2, -0.15) is 0 Å². The Kier molecular flexibility index (Phi) is 8.54. The first-order valence-corrected chi connectivity index (χ1v) is 14.8. The molecule has 3 aromatic carbocycles. The van der Waals surface area contributed by atoms with E-state index in [4.69, 9.17) is 11.6 Å². The first-order chi connectivity index (χ1) is 19.3. The Labute approximate surface area is 245 Å². The van der Waals surface area contributed by atoms with E-state index >= 15 is 0 Å². The van der Waals surface area contributed by atoms with Crippen molar-refractivity contribution < 1.29 is 19.5 Å². The maximum absolute atomic E-state index is 13.6. The number of fused-ring (bicyclic) bond motifs is 2. The average molecular weight is 592 g/mol. The summed E-state index contributed by atoms with van der Waals surface area (Å²) in [5, 5.41) is 15.0. The number of hydrogen-bond acceptors (Lipinski definition) is 5. The zero-order valence-corrected chi connectivity index (χ0v) is 23.8. The van der Waals surface area contributed by atoms with Crippen molar-refractivity contribution in [1.82, 2.24) is 0 Å². The number of anilines is 3. The van der Waals surface area contributed by atoms with Crippen LogP contribution in [0.2, 0.25) is 5.02 Å². The fourth-order valence-electron chi connectivity index (χ4n) is 4.51. The van der Waals surface area contributed by atoms with Crippen molar-refractivity contribution in [2.45, 2.75) is 39.7 Å². The lowest BCUT2D eigenvalue weighted by Gasteiger charge is -2.40. The van der Waals surface area contributed by atoms with Crippen LogP contribution in [0.15, 0.2) is 101 Å². The largest absolute Gasteiger partial charge is 0.478 e. The van der Waals surface area contributed by atoms with E-state index < -0.39 is 11.2 Å². The Hall–Kier alpha value is -3.66. The van der Waals surface area contributed by atoms with E-state index in [9.17, 15) is 19.5 Å². The molecule has 0 radical (unpaired) electrons. The van der Waals surface area contributed by atoms with Gasteiger partial charge in [-0.3, -0.25) is 9.69 Å². The highest BCUT2D eigenvalue weighted by molar-refractivity contribution is 8.00. The third-order valence-electron chi connectivity index (χ3n) is 6.46. The van der Waals surface area contributed by atoms with Gasteiger partial charge < -0.3 is 15.7 Å². The molecule has 2 aliphatic rings. The van der Waals surface area contributed by atoms with Gasteiger partial charge in [0.25, 0.3) is 0 Å². The van der Waals surface area contributed by atoms with E-state index in [0.717, 1.165) is 15.5 Å². The summed E-state index contributed by atoms with van der Waals surface area (Å²) >= 11 is 9.30. The molecule has 1 aliphatic heterocycles. The summed E-state index contributed by atoms with van der Waals surface area (Å²) in [5.74, 6) is -1.40. The number of carboxylic acids is 1. The number of carbonyl (C=O) groups excluding carboxylic acids is 2. The predicted molar refractivity (Wildman–Crippen MR) is 163 cm³/mol. The van der Waals surface area contributed by atoms with Gasteiger partial charge >= 0.3 is 12.0 Å². The number of nitrogens with one attached hydrogen (secondary N) is 2. The topological polar surface area (TPSA) is 98.7 Å². The van der Waals surface area contributed by atoms with Crippen LogP contribution in [0.5, 0.6) is 0 Å². The molecule has 7 nitrogen and oxygen atoms in total. The number of nitrogens with zero attached hydrogens (tertiary/aromatic N) is 1. The molecule has 0 bridgehead atoms. The minimum absolute atomic E-state index is 0.0322. The summed E-state index contributed by atoms with van der Waals surface area (Å²) in [4.78, 5) is 41.7. The van der Waals surface area contributed by atoms with Crippen LogP contribution in [0.25, 0.3) is 0 Å². The highest BCUT2D eigenvalue weighted by Gasteiger charge is 2.36. The van der Waals surface area contributed by atoms with Crippen LogP contribution in [-0.4, -0.2) is 39.6 Å². The lowest BCUT2D eigenvalue weighted by Crippen LogP contribution is -2.49. The summed E-state index contributed by atoms with van der Waals surface area (Å²) in [7, 11) is 0. The third-order valence-corrected chi connectivity index (χ3v) is 9.45. The van der Waals surface area contributed by atoms with Gasteiger partial charge in [-0.05, 0) is 55.0 Å². The minimum Gasteiger partial charge on any atom is -0.478 e. The van der Waals surface area contributed by atoms with Crippen molar-refractivity contribution in [2.75, 3.05) is 15.5 Å². The zero-order chi connectivity index (χ0) is 28.2. The Morgan fingerprint density at radius 1 is 1.02 bits per heavy atom. The van der Waals surface area contributed by atoms with E-state index in [0.29, 0.717) is 12.1 Å². The number of amides is 3. The van der Waals surface area contributed by atoms with E-state index in [1.54, 1.807) is 16.7 Å². The summed E-state index contributed by atoms with van der Waals surface area (Å²) in [5.41, 5.74) is 1.76. The molecule has 1 heterocycles. The maximum Gasteiger partial charge on any atom is 0.335 e. The Bertz CT molecular complexity index is 1530. The quantitative estimate of drug-likeness (QED) is 0.245. The average Bonchev–Trinajstić information content (AvgIpc) is 2.95. The number of para-hydroxylation sites is 1. The third kappa shape index (κ3) is 6.06.